The standard InChI is InChI=1S/C16H27NO/c1-12(17-13(2)16(3,4)5)11-14-7-9-15(18-6)10-8-14/h7-10,12-13,17H,11H2,1-6H3. The minimum atomic E-state index is 0.300. The summed E-state index contributed by atoms with van der Waals surface area (Å²) in [5.74, 6) is 0.919. The Morgan fingerprint density at radius 2 is 1.67 bits per heavy atom. The van der Waals surface area contributed by atoms with Gasteiger partial charge in [0.1, 0.15) is 5.75 Å². The van der Waals surface area contributed by atoms with Crippen molar-refractivity contribution < 1.29 is 4.74 Å². The Kier molecular flexibility index (Phi) is 5.21. The molecule has 0 saturated carbocycles. The van der Waals surface area contributed by atoms with Crippen LogP contribution < -0.4 is 10.1 Å². The maximum absolute atomic E-state index is 5.17. The Bertz CT molecular complexity index is 350. The Balaban J connectivity index is 2.51. The van der Waals surface area contributed by atoms with E-state index in [9.17, 15) is 0 Å². The Labute approximate surface area is 112 Å². The molecule has 0 spiro atoms. The molecule has 1 aromatic rings. The molecule has 1 aromatic carbocycles. The number of rotatable bonds is 5. The van der Waals surface area contributed by atoms with E-state index in [1.54, 1.807) is 7.11 Å². The van der Waals surface area contributed by atoms with Crippen molar-refractivity contribution in [1.29, 1.82) is 0 Å². The Morgan fingerprint density at radius 3 is 2.11 bits per heavy atom. The van der Waals surface area contributed by atoms with E-state index in [-0.39, 0.29) is 0 Å². The normalized spacial score (nSPS) is 15.2. The molecule has 0 saturated heterocycles. The van der Waals surface area contributed by atoms with Gasteiger partial charge in [-0.15, -0.1) is 0 Å². The van der Waals surface area contributed by atoms with Crippen molar-refractivity contribution in [2.45, 2.75) is 53.1 Å². The van der Waals surface area contributed by atoms with Crippen molar-refractivity contribution in [2.75, 3.05) is 7.11 Å². The number of methoxy groups -OCH3 is 1. The summed E-state index contributed by atoms with van der Waals surface area (Å²) in [5.41, 5.74) is 1.64. The maximum atomic E-state index is 5.17. The Hall–Kier alpha value is -1.02. The lowest BCUT2D eigenvalue weighted by Crippen LogP contribution is -2.43. The van der Waals surface area contributed by atoms with Gasteiger partial charge in [0.2, 0.25) is 0 Å². The molecule has 2 nitrogen and oxygen atoms in total. The van der Waals surface area contributed by atoms with Crippen molar-refractivity contribution in [3.05, 3.63) is 29.8 Å². The van der Waals surface area contributed by atoms with Crippen molar-refractivity contribution >= 4 is 0 Å². The van der Waals surface area contributed by atoms with Gasteiger partial charge in [0.25, 0.3) is 0 Å². The van der Waals surface area contributed by atoms with E-state index in [2.05, 4.69) is 52.1 Å². The SMILES string of the molecule is COc1ccc(CC(C)NC(C)C(C)(C)C)cc1. The maximum Gasteiger partial charge on any atom is 0.118 e. The smallest absolute Gasteiger partial charge is 0.118 e. The molecular weight excluding hydrogens is 222 g/mol. The predicted molar refractivity (Wildman–Crippen MR) is 78.2 cm³/mol. The lowest BCUT2D eigenvalue weighted by atomic mass is 9.87. The van der Waals surface area contributed by atoms with Crippen molar-refractivity contribution in [2.24, 2.45) is 5.41 Å². The minimum Gasteiger partial charge on any atom is -0.497 e. The molecule has 0 bridgehead atoms. The summed E-state index contributed by atoms with van der Waals surface area (Å²) in [6.07, 6.45) is 1.05. The summed E-state index contributed by atoms with van der Waals surface area (Å²) < 4.78 is 5.17. The van der Waals surface area contributed by atoms with E-state index in [1.165, 1.54) is 5.56 Å². The van der Waals surface area contributed by atoms with Gasteiger partial charge in [-0.2, -0.15) is 0 Å². The van der Waals surface area contributed by atoms with Crippen LogP contribution in [-0.2, 0) is 6.42 Å². The number of ether oxygens (including phenoxy) is 1. The third-order valence-electron chi connectivity index (χ3n) is 3.53. The summed E-state index contributed by atoms with van der Waals surface area (Å²) in [6, 6.07) is 9.31. The third-order valence-corrected chi connectivity index (χ3v) is 3.53. The van der Waals surface area contributed by atoms with Crippen LogP contribution in [0, 0.1) is 5.41 Å². The van der Waals surface area contributed by atoms with Gasteiger partial charge >= 0.3 is 0 Å². The van der Waals surface area contributed by atoms with Crippen LogP contribution in [-0.4, -0.2) is 19.2 Å². The van der Waals surface area contributed by atoms with Gasteiger partial charge in [0.05, 0.1) is 7.11 Å². The largest absolute Gasteiger partial charge is 0.497 e. The molecule has 102 valence electrons. The van der Waals surface area contributed by atoms with Crippen LogP contribution in [0.15, 0.2) is 24.3 Å². The van der Waals surface area contributed by atoms with Crippen LogP contribution in [0.3, 0.4) is 0 Å². The summed E-state index contributed by atoms with van der Waals surface area (Å²) in [5, 5.41) is 3.67. The second-order valence-electron chi connectivity index (χ2n) is 6.21. The number of hydrogen-bond donors (Lipinski definition) is 1. The highest BCUT2D eigenvalue weighted by atomic mass is 16.5. The molecule has 2 unspecified atom stereocenters. The molecule has 18 heavy (non-hydrogen) atoms. The van der Waals surface area contributed by atoms with Crippen LogP contribution in [0.2, 0.25) is 0 Å². The van der Waals surface area contributed by atoms with Crippen molar-refractivity contribution in [3.63, 3.8) is 0 Å². The van der Waals surface area contributed by atoms with Gasteiger partial charge in [-0.25, -0.2) is 0 Å². The predicted octanol–water partition coefficient (Wildman–Crippen LogP) is 3.65. The van der Waals surface area contributed by atoms with Crippen LogP contribution in [0.4, 0.5) is 0 Å². The zero-order chi connectivity index (χ0) is 13.8. The monoisotopic (exact) mass is 249 g/mol. The van der Waals surface area contributed by atoms with E-state index in [1.807, 2.05) is 12.1 Å². The first-order valence-electron chi connectivity index (χ1n) is 6.72. The highest BCUT2D eigenvalue weighted by Gasteiger charge is 2.21. The van der Waals surface area contributed by atoms with Crippen molar-refractivity contribution in [3.8, 4) is 5.75 Å². The molecule has 0 aliphatic heterocycles. The first-order chi connectivity index (χ1) is 8.32. The first-order valence-corrected chi connectivity index (χ1v) is 6.72. The molecule has 0 heterocycles. The van der Waals surface area contributed by atoms with Gasteiger partial charge in [-0.1, -0.05) is 32.9 Å². The van der Waals surface area contributed by atoms with E-state index >= 15 is 0 Å². The quantitative estimate of drug-likeness (QED) is 0.860. The molecule has 0 aliphatic carbocycles. The first kappa shape index (κ1) is 15.0. The fraction of sp³-hybridized carbons (Fsp3) is 0.625. The topological polar surface area (TPSA) is 21.3 Å². The average molecular weight is 249 g/mol. The molecule has 2 heteroatoms. The molecule has 0 amide bonds. The summed E-state index contributed by atoms with van der Waals surface area (Å²) >= 11 is 0. The zero-order valence-corrected chi connectivity index (χ0v) is 12.6. The van der Waals surface area contributed by atoms with Crippen LogP contribution >= 0.6 is 0 Å². The lowest BCUT2D eigenvalue weighted by Gasteiger charge is -2.31. The second kappa shape index (κ2) is 6.24. The highest BCUT2D eigenvalue weighted by Crippen LogP contribution is 2.19. The number of hydrogen-bond acceptors (Lipinski definition) is 2. The Morgan fingerprint density at radius 1 is 1.11 bits per heavy atom. The zero-order valence-electron chi connectivity index (χ0n) is 12.6. The highest BCUT2D eigenvalue weighted by molar-refractivity contribution is 5.27. The van der Waals surface area contributed by atoms with Crippen LogP contribution in [0.5, 0.6) is 5.75 Å². The molecule has 0 fully saturated rings. The average Bonchev–Trinajstić information content (AvgIpc) is 2.28. The molecular formula is C16H27NO. The molecule has 1 N–H and O–H groups in total. The van der Waals surface area contributed by atoms with E-state index in [4.69, 9.17) is 4.74 Å². The van der Waals surface area contributed by atoms with E-state index in [0.717, 1.165) is 12.2 Å². The van der Waals surface area contributed by atoms with Gasteiger partial charge in [0.15, 0.2) is 0 Å². The summed E-state index contributed by atoms with van der Waals surface area (Å²) in [4.78, 5) is 0. The van der Waals surface area contributed by atoms with Gasteiger partial charge < -0.3 is 10.1 Å². The van der Waals surface area contributed by atoms with Gasteiger partial charge in [-0.05, 0) is 43.4 Å². The minimum absolute atomic E-state index is 0.300. The summed E-state index contributed by atoms with van der Waals surface area (Å²) in [7, 11) is 1.70. The molecule has 0 aromatic heterocycles. The molecule has 1 rings (SSSR count). The number of benzene rings is 1. The van der Waals surface area contributed by atoms with Crippen molar-refractivity contribution in [1.82, 2.24) is 5.32 Å². The second-order valence-corrected chi connectivity index (χ2v) is 6.21. The van der Waals surface area contributed by atoms with E-state index in [0.29, 0.717) is 17.5 Å². The molecule has 0 aliphatic rings. The lowest BCUT2D eigenvalue weighted by molar-refractivity contribution is 0.266. The summed E-state index contributed by atoms with van der Waals surface area (Å²) in [6.45, 7) is 11.3. The van der Waals surface area contributed by atoms with Gasteiger partial charge in [0, 0.05) is 12.1 Å². The van der Waals surface area contributed by atoms with Crippen LogP contribution in [0.1, 0.15) is 40.2 Å². The van der Waals surface area contributed by atoms with E-state index < -0.39 is 0 Å². The fourth-order valence-corrected chi connectivity index (χ4v) is 1.85. The van der Waals surface area contributed by atoms with Gasteiger partial charge in [-0.3, -0.25) is 0 Å². The molecule has 2 atom stereocenters. The van der Waals surface area contributed by atoms with Crippen LogP contribution in [0.25, 0.3) is 0 Å². The fourth-order valence-electron chi connectivity index (χ4n) is 1.85. The number of nitrogens with one attached hydrogen (secondary N) is 1. The molecule has 0 radical (unpaired) electrons. The third kappa shape index (κ3) is 4.69.